The lowest BCUT2D eigenvalue weighted by Crippen LogP contribution is -2.41. The summed E-state index contributed by atoms with van der Waals surface area (Å²) in [5.74, 6) is 0.555. The predicted octanol–water partition coefficient (Wildman–Crippen LogP) is 2.96. The molecule has 2 aromatic rings. The standard InChI is InChI=1S/C21H29N3O2/c25-20(10-9-17-5-2-1-3-6-17)19-11-13-24(14-12-19)21(26)8-4-7-18-15-22-23-16-18/h1-3,5-6,15-16,19-20,25H,4,7-14H2,(H,22,23). The number of likely N-dealkylation sites (tertiary alicyclic amines) is 1. The van der Waals surface area contributed by atoms with Gasteiger partial charge in [0.05, 0.1) is 12.3 Å². The Morgan fingerprint density at radius 1 is 1.19 bits per heavy atom. The van der Waals surface area contributed by atoms with Crippen molar-refractivity contribution in [1.29, 1.82) is 0 Å². The molecule has 0 radical (unpaired) electrons. The smallest absolute Gasteiger partial charge is 0.222 e. The number of piperidine rings is 1. The van der Waals surface area contributed by atoms with Crippen LogP contribution in [0.2, 0.25) is 0 Å². The Labute approximate surface area is 155 Å². The van der Waals surface area contributed by atoms with Crippen LogP contribution in [0, 0.1) is 5.92 Å². The lowest BCUT2D eigenvalue weighted by Gasteiger charge is -2.34. The molecule has 0 bridgehead atoms. The molecule has 1 unspecified atom stereocenters. The van der Waals surface area contributed by atoms with E-state index in [0.29, 0.717) is 12.3 Å². The summed E-state index contributed by atoms with van der Waals surface area (Å²) in [6.45, 7) is 1.55. The fourth-order valence-corrected chi connectivity index (χ4v) is 3.74. The average molecular weight is 355 g/mol. The number of aryl methyl sites for hydroxylation is 2. The van der Waals surface area contributed by atoms with Gasteiger partial charge in [0.1, 0.15) is 0 Å². The van der Waals surface area contributed by atoms with Crippen LogP contribution in [-0.4, -0.2) is 45.3 Å². The molecule has 5 nitrogen and oxygen atoms in total. The first-order chi connectivity index (χ1) is 12.7. The van der Waals surface area contributed by atoms with Gasteiger partial charge >= 0.3 is 0 Å². The third-order valence-corrected chi connectivity index (χ3v) is 5.42. The number of hydrogen-bond acceptors (Lipinski definition) is 3. The molecule has 0 saturated carbocycles. The van der Waals surface area contributed by atoms with Crippen LogP contribution >= 0.6 is 0 Å². The minimum absolute atomic E-state index is 0.241. The summed E-state index contributed by atoms with van der Waals surface area (Å²) < 4.78 is 0. The van der Waals surface area contributed by atoms with Gasteiger partial charge in [-0.15, -0.1) is 0 Å². The Bertz CT molecular complexity index is 649. The first kappa shape index (κ1) is 18.6. The van der Waals surface area contributed by atoms with E-state index in [2.05, 4.69) is 22.3 Å². The number of carbonyl (C=O) groups excluding carboxylic acids is 1. The van der Waals surface area contributed by atoms with Gasteiger partial charge in [-0.1, -0.05) is 30.3 Å². The van der Waals surface area contributed by atoms with Gasteiger partial charge in [-0.2, -0.15) is 5.10 Å². The molecule has 2 N–H and O–H groups in total. The lowest BCUT2D eigenvalue weighted by molar-refractivity contribution is -0.133. The Morgan fingerprint density at radius 3 is 2.65 bits per heavy atom. The first-order valence-corrected chi connectivity index (χ1v) is 9.70. The van der Waals surface area contributed by atoms with Crippen LogP contribution in [0.15, 0.2) is 42.7 Å². The third-order valence-electron chi connectivity index (χ3n) is 5.42. The SMILES string of the molecule is O=C(CCCc1cn[nH]c1)N1CCC(C(O)CCc2ccccc2)CC1. The van der Waals surface area contributed by atoms with E-state index in [9.17, 15) is 9.90 Å². The maximum Gasteiger partial charge on any atom is 0.222 e. The summed E-state index contributed by atoms with van der Waals surface area (Å²) in [5.41, 5.74) is 2.43. The lowest BCUT2D eigenvalue weighted by atomic mass is 9.88. The summed E-state index contributed by atoms with van der Waals surface area (Å²) in [6.07, 6.45) is 9.28. The van der Waals surface area contributed by atoms with Crippen molar-refractivity contribution in [2.75, 3.05) is 13.1 Å². The van der Waals surface area contributed by atoms with Gasteiger partial charge in [0.2, 0.25) is 5.91 Å². The van der Waals surface area contributed by atoms with E-state index in [0.717, 1.165) is 57.2 Å². The van der Waals surface area contributed by atoms with Crippen LogP contribution in [0.1, 0.15) is 43.2 Å². The molecule has 1 saturated heterocycles. The van der Waals surface area contributed by atoms with E-state index in [4.69, 9.17) is 0 Å². The molecule has 1 fully saturated rings. The molecule has 1 aliphatic rings. The number of nitrogens with one attached hydrogen (secondary N) is 1. The third kappa shape index (κ3) is 5.43. The minimum atomic E-state index is -0.270. The normalized spacial score (nSPS) is 16.6. The summed E-state index contributed by atoms with van der Waals surface area (Å²) in [7, 11) is 0. The van der Waals surface area contributed by atoms with Gasteiger partial charge < -0.3 is 10.0 Å². The van der Waals surface area contributed by atoms with Crippen molar-refractivity contribution in [3.8, 4) is 0 Å². The van der Waals surface area contributed by atoms with E-state index >= 15 is 0 Å². The van der Waals surface area contributed by atoms with Crippen LogP contribution in [0.4, 0.5) is 0 Å². The highest BCUT2D eigenvalue weighted by Crippen LogP contribution is 2.24. The number of aliphatic hydroxyl groups excluding tert-OH is 1. The van der Waals surface area contributed by atoms with E-state index in [1.165, 1.54) is 5.56 Å². The van der Waals surface area contributed by atoms with Crippen LogP contribution in [0.5, 0.6) is 0 Å². The molecule has 0 aliphatic carbocycles. The van der Waals surface area contributed by atoms with Crippen LogP contribution in [0.25, 0.3) is 0 Å². The van der Waals surface area contributed by atoms with Gasteiger partial charge in [-0.05, 0) is 55.6 Å². The molecule has 1 aromatic heterocycles. The number of carbonyl (C=O) groups is 1. The minimum Gasteiger partial charge on any atom is -0.393 e. The number of aliphatic hydroxyl groups is 1. The van der Waals surface area contributed by atoms with Crippen LogP contribution in [0.3, 0.4) is 0 Å². The zero-order valence-electron chi connectivity index (χ0n) is 15.3. The molecular weight excluding hydrogens is 326 g/mol. The van der Waals surface area contributed by atoms with E-state index in [-0.39, 0.29) is 12.0 Å². The Kier molecular flexibility index (Phi) is 6.83. The van der Waals surface area contributed by atoms with E-state index in [1.807, 2.05) is 35.5 Å². The zero-order valence-corrected chi connectivity index (χ0v) is 15.3. The number of amides is 1. The quantitative estimate of drug-likeness (QED) is 0.765. The van der Waals surface area contributed by atoms with Gasteiger partial charge in [-0.3, -0.25) is 9.89 Å². The summed E-state index contributed by atoms with van der Waals surface area (Å²) >= 11 is 0. The van der Waals surface area contributed by atoms with Crippen molar-refractivity contribution < 1.29 is 9.90 Å². The monoisotopic (exact) mass is 355 g/mol. The summed E-state index contributed by atoms with van der Waals surface area (Å²) in [6, 6.07) is 10.3. The van der Waals surface area contributed by atoms with Crippen LogP contribution in [-0.2, 0) is 17.6 Å². The number of aromatic amines is 1. The second-order valence-corrected chi connectivity index (χ2v) is 7.27. The fourth-order valence-electron chi connectivity index (χ4n) is 3.74. The second kappa shape index (κ2) is 9.53. The fraction of sp³-hybridized carbons (Fsp3) is 0.524. The number of benzene rings is 1. The summed E-state index contributed by atoms with van der Waals surface area (Å²) in [5, 5.41) is 17.2. The average Bonchev–Trinajstić information content (AvgIpc) is 3.20. The molecule has 0 spiro atoms. The molecule has 1 amide bonds. The van der Waals surface area contributed by atoms with Crippen molar-refractivity contribution in [1.82, 2.24) is 15.1 Å². The van der Waals surface area contributed by atoms with Gasteiger partial charge in [0, 0.05) is 25.7 Å². The number of hydrogen-bond donors (Lipinski definition) is 2. The highest BCUT2D eigenvalue weighted by molar-refractivity contribution is 5.76. The zero-order chi connectivity index (χ0) is 18.2. The van der Waals surface area contributed by atoms with Gasteiger partial charge in [0.15, 0.2) is 0 Å². The number of rotatable bonds is 8. The van der Waals surface area contributed by atoms with E-state index in [1.54, 1.807) is 0 Å². The molecule has 3 rings (SSSR count). The molecule has 5 heteroatoms. The molecule has 140 valence electrons. The van der Waals surface area contributed by atoms with Crippen molar-refractivity contribution in [2.24, 2.45) is 5.92 Å². The van der Waals surface area contributed by atoms with Crippen molar-refractivity contribution in [3.05, 3.63) is 53.9 Å². The Hall–Kier alpha value is -2.14. The van der Waals surface area contributed by atoms with E-state index < -0.39 is 0 Å². The van der Waals surface area contributed by atoms with Crippen molar-refractivity contribution in [2.45, 2.75) is 51.0 Å². The first-order valence-electron chi connectivity index (χ1n) is 9.70. The molecule has 2 heterocycles. The molecule has 1 aromatic carbocycles. The Morgan fingerprint density at radius 2 is 1.96 bits per heavy atom. The van der Waals surface area contributed by atoms with Crippen molar-refractivity contribution >= 4 is 5.91 Å². The second-order valence-electron chi connectivity index (χ2n) is 7.27. The molecule has 1 aliphatic heterocycles. The number of aromatic nitrogens is 2. The predicted molar refractivity (Wildman–Crippen MR) is 102 cm³/mol. The molecular formula is C21H29N3O2. The maximum absolute atomic E-state index is 12.4. The number of nitrogens with zero attached hydrogens (tertiary/aromatic N) is 2. The summed E-state index contributed by atoms with van der Waals surface area (Å²) in [4.78, 5) is 14.3. The highest BCUT2D eigenvalue weighted by atomic mass is 16.3. The topological polar surface area (TPSA) is 69.2 Å². The maximum atomic E-state index is 12.4. The molecule has 1 atom stereocenters. The Balaban J connectivity index is 1.34. The number of H-pyrrole nitrogens is 1. The van der Waals surface area contributed by atoms with Gasteiger partial charge in [-0.25, -0.2) is 0 Å². The largest absolute Gasteiger partial charge is 0.393 e. The van der Waals surface area contributed by atoms with Crippen LogP contribution < -0.4 is 0 Å². The van der Waals surface area contributed by atoms with Crippen molar-refractivity contribution in [3.63, 3.8) is 0 Å². The highest BCUT2D eigenvalue weighted by Gasteiger charge is 2.27. The molecule has 26 heavy (non-hydrogen) atoms. The van der Waals surface area contributed by atoms with Gasteiger partial charge in [0.25, 0.3) is 0 Å².